The normalized spacial score (nSPS) is 26.2. The van der Waals surface area contributed by atoms with Crippen LogP contribution in [0.25, 0.3) is 6.08 Å². The van der Waals surface area contributed by atoms with E-state index in [1.54, 1.807) is 0 Å². The van der Waals surface area contributed by atoms with Crippen LogP contribution in [0.2, 0.25) is 0 Å². The smallest absolute Gasteiger partial charge is 0.0710 e. The number of fused-ring (bicyclic) bond motifs is 2. The Labute approximate surface area is 155 Å². The zero-order valence-corrected chi connectivity index (χ0v) is 15.4. The molecule has 26 heavy (non-hydrogen) atoms. The lowest BCUT2D eigenvalue weighted by Gasteiger charge is -2.22. The third kappa shape index (κ3) is 3.83. The van der Waals surface area contributed by atoms with Gasteiger partial charge < -0.3 is 5.32 Å². The largest absolute Gasteiger partial charge is 0.391 e. The highest BCUT2D eigenvalue weighted by atomic mass is 15.1. The third-order valence-corrected chi connectivity index (χ3v) is 5.40. The van der Waals surface area contributed by atoms with Crippen molar-refractivity contribution in [3.8, 4) is 11.8 Å². The number of nitrogens with one attached hydrogen (secondary N) is 2. The van der Waals surface area contributed by atoms with Gasteiger partial charge in [-0.3, -0.25) is 10.1 Å². The summed E-state index contributed by atoms with van der Waals surface area (Å²) in [5.74, 6) is 7.90. The lowest BCUT2D eigenvalue weighted by Crippen LogP contribution is -2.13. The Balaban J connectivity index is 1.53. The van der Waals surface area contributed by atoms with Crippen molar-refractivity contribution in [3.63, 3.8) is 0 Å². The number of nitrogens with zero attached hydrogens (tertiary/aromatic N) is 2. The summed E-state index contributed by atoms with van der Waals surface area (Å²) in [7, 11) is 0. The number of aromatic nitrogens is 2. The van der Waals surface area contributed by atoms with Crippen LogP contribution < -0.4 is 5.32 Å². The molecule has 4 heteroatoms. The summed E-state index contributed by atoms with van der Waals surface area (Å²) in [4.78, 5) is 4.58. The third-order valence-electron chi connectivity index (χ3n) is 5.40. The van der Waals surface area contributed by atoms with Crippen LogP contribution in [0.3, 0.4) is 0 Å². The van der Waals surface area contributed by atoms with Gasteiger partial charge in [0.05, 0.1) is 5.69 Å². The van der Waals surface area contributed by atoms with Gasteiger partial charge in [0.1, 0.15) is 0 Å². The fourth-order valence-electron chi connectivity index (χ4n) is 3.85. The summed E-state index contributed by atoms with van der Waals surface area (Å²) in [5.41, 5.74) is 5.78. The van der Waals surface area contributed by atoms with Gasteiger partial charge in [-0.1, -0.05) is 17.9 Å². The van der Waals surface area contributed by atoms with Gasteiger partial charge in [0.15, 0.2) is 0 Å². The Morgan fingerprint density at radius 3 is 3.19 bits per heavy atom. The summed E-state index contributed by atoms with van der Waals surface area (Å²) in [6, 6.07) is 0. The zero-order valence-electron chi connectivity index (χ0n) is 15.4. The predicted octanol–water partition coefficient (Wildman–Crippen LogP) is 3.93. The Hall–Kier alpha value is -2.54. The van der Waals surface area contributed by atoms with Crippen LogP contribution in [0.1, 0.15) is 49.1 Å². The van der Waals surface area contributed by atoms with Crippen LogP contribution in [0.5, 0.6) is 0 Å². The fraction of sp³-hybridized carbons (Fsp3) is 0.455. The molecule has 2 N–H and O–H groups in total. The Kier molecular flexibility index (Phi) is 5.06. The minimum Gasteiger partial charge on any atom is -0.391 e. The molecule has 0 saturated carbocycles. The predicted molar refractivity (Wildman–Crippen MR) is 107 cm³/mol. The number of rotatable bonds is 0. The lowest BCUT2D eigenvalue weighted by molar-refractivity contribution is 0.555. The maximum atomic E-state index is 4.58. The molecule has 3 heterocycles. The van der Waals surface area contributed by atoms with E-state index in [0.717, 1.165) is 55.6 Å². The van der Waals surface area contributed by atoms with Crippen molar-refractivity contribution in [2.75, 3.05) is 6.54 Å². The van der Waals surface area contributed by atoms with E-state index >= 15 is 0 Å². The van der Waals surface area contributed by atoms with Crippen molar-refractivity contribution in [1.29, 1.82) is 0 Å². The molecule has 0 aromatic carbocycles. The quantitative estimate of drug-likeness (QED) is 0.699. The van der Waals surface area contributed by atoms with Crippen molar-refractivity contribution in [1.82, 2.24) is 15.5 Å². The van der Waals surface area contributed by atoms with Crippen LogP contribution in [0, 0.1) is 30.6 Å². The highest BCUT2D eigenvalue weighted by Crippen LogP contribution is 2.30. The number of hydrogen-bond acceptors (Lipinski definition) is 3. The van der Waals surface area contributed by atoms with E-state index in [1.807, 2.05) is 12.4 Å². The van der Waals surface area contributed by atoms with Gasteiger partial charge >= 0.3 is 0 Å². The van der Waals surface area contributed by atoms with Gasteiger partial charge in [-0.25, -0.2) is 0 Å². The van der Waals surface area contributed by atoms with E-state index in [1.165, 1.54) is 17.7 Å². The highest BCUT2D eigenvalue weighted by Gasteiger charge is 2.19. The van der Waals surface area contributed by atoms with E-state index in [4.69, 9.17) is 0 Å². The van der Waals surface area contributed by atoms with Crippen LogP contribution in [-0.2, 0) is 6.42 Å². The van der Waals surface area contributed by atoms with Crippen LogP contribution in [0.4, 0.5) is 0 Å². The Morgan fingerprint density at radius 2 is 2.23 bits per heavy atom. The number of H-pyrrole nitrogens is 1. The van der Waals surface area contributed by atoms with Gasteiger partial charge in [0, 0.05) is 53.5 Å². The molecule has 3 aliphatic rings. The van der Waals surface area contributed by atoms with Crippen molar-refractivity contribution >= 4 is 12.3 Å². The fourth-order valence-corrected chi connectivity index (χ4v) is 3.85. The number of hydrogen-bond donors (Lipinski definition) is 2. The molecule has 0 bridgehead atoms. The van der Waals surface area contributed by atoms with E-state index < -0.39 is 0 Å². The van der Waals surface area contributed by atoms with E-state index in [9.17, 15) is 0 Å². The van der Waals surface area contributed by atoms with Crippen molar-refractivity contribution in [3.05, 3.63) is 46.6 Å². The minimum absolute atomic E-state index is 0.330. The minimum atomic E-state index is 0.330. The van der Waals surface area contributed by atoms with E-state index in [0.29, 0.717) is 11.8 Å². The first kappa shape index (κ1) is 16.9. The first-order valence-electron chi connectivity index (χ1n) is 9.69. The molecule has 1 aromatic rings. The van der Waals surface area contributed by atoms with Gasteiger partial charge in [0.25, 0.3) is 0 Å². The molecule has 1 aliphatic carbocycles. The summed E-state index contributed by atoms with van der Waals surface area (Å²) >= 11 is 0. The monoisotopic (exact) mass is 346 g/mol. The molecule has 1 aromatic heterocycles. The number of aryl methyl sites for hydroxylation is 1. The molecule has 0 radical (unpaired) electrons. The summed E-state index contributed by atoms with van der Waals surface area (Å²) in [6.07, 6.45) is 17.2. The molecular formula is C22H26N4. The van der Waals surface area contributed by atoms with Gasteiger partial charge in [-0.15, -0.1) is 0 Å². The van der Waals surface area contributed by atoms with E-state index in [-0.39, 0.29) is 0 Å². The number of aliphatic imine (C=N–C) groups is 1. The van der Waals surface area contributed by atoms with E-state index in [2.05, 4.69) is 57.5 Å². The molecule has 0 spiro atoms. The first-order valence-corrected chi connectivity index (χ1v) is 9.69. The van der Waals surface area contributed by atoms with Crippen molar-refractivity contribution < 1.29 is 0 Å². The number of aromatic amines is 1. The molecule has 0 saturated heterocycles. The average Bonchev–Trinajstić information content (AvgIpc) is 3.02. The van der Waals surface area contributed by atoms with Gasteiger partial charge in [-0.05, 0) is 57.4 Å². The summed E-state index contributed by atoms with van der Waals surface area (Å²) in [6.45, 7) is 3.06. The summed E-state index contributed by atoms with van der Waals surface area (Å²) < 4.78 is 0. The second kappa shape index (κ2) is 7.78. The second-order valence-corrected chi connectivity index (χ2v) is 7.36. The topological polar surface area (TPSA) is 53.1 Å². The molecule has 134 valence electrons. The van der Waals surface area contributed by atoms with Crippen LogP contribution in [0.15, 0.2) is 34.6 Å². The highest BCUT2D eigenvalue weighted by molar-refractivity contribution is 5.62. The first-order chi connectivity index (χ1) is 12.8. The van der Waals surface area contributed by atoms with Crippen molar-refractivity contribution in [2.24, 2.45) is 16.8 Å². The Morgan fingerprint density at radius 1 is 1.27 bits per heavy atom. The standard InChI is InChI=1S/C22H26N4/c1-16-20-10-13-23-11-2-4-17(15-22(20)26-25-16)6-7-18-8-9-19-5-3-12-24-21(19)14-18/h8,10,12-14,17,19,23H,2-5,9,11,15H2,1H3,(H,25,26)/b13-10-. The molecule has 0 amide bonds. The van der Waals surface area contributed by atoms with Gasteiger partial charge in [0.2, 0.25) is 0 Å². The van der Waals surface area contributed by atoms with Crippen LogP contribution in [-0.4, -0.2) is 23.0 Å². The second-order valence-electron chi connectivity index (χ2n) is 7.36. The molecule has 2 aliphatic heterocycles. The molecule has 4 rings (SSSR count). The molecule has 2 atom stereocenters. The molecule has 0 fully saturated rings. The SMILES string of the molecule is Cc1[nH]nc2c1/C=C\NCCCC(C#CC1=CCC3CCC=NC3=C1)C2. The number of allylic oxidation sites excluding steroid dienone is 4. The Bertz CT molecular complexity index is 841. The maximum Gasteiger partial charge on any atom is 0.0710 e. The maximum absolute atomic E-state index is 4.58. The van der Waals surface area contributed by atoms with Gasteiger partial charge in [-0.2, -0.15) is 5.10 Å². The zero-order chi connectivity index (χ0) is 17.8. The molecule has 4 nitrogen and oxygen atoms in total. The average molecular weight is 346 g/mol. The summed E-state index contributed by atoms with van der Waals surface area (Å²) in [5, 5.41) is 11.0. The molecular weight excluding hydrogens is 320 g/mol. The van der Waals surface area contributed by atoms with Crippen LogP contribution >= 0.6 is 0 Å². The lowest BCUT2D eigenvalue weighted by atomic mass is 9.88. The molecule has 2 unspecified atom stereocenters. The van der Waals surface area contributed by atoms with Crippen molar-refractivity contribution in [2.45, 2.75) is 45.4 Å².